The number of carbonyl (C=O) groups excluding carboxylic acids is 1. The number of aryl methyl sites for hydroxylation is 5. The van der Waals surface area contributed by atoms with Crippen LogP contribution in [0.1, 0.15) is 41.8 Å². The summed E-state index contributed by atoms with van der Waals surface area (Å²) >= 11 is 0. The normalized spacial score (nSPS) is 11.1. The number of ether oxygens (including phenoxy) is 1. The van der Waals surface area contributed by atoms with E-state index in [4.69, 9.17) is 14.8 Å². The maximum absolute atomic E-state index is 12.6. The number of benzene rings is 2. The standard InChI is InChI=1S/C27H30N4O2/c1-6-20-11-13-22(14-12-20)31-27-25(19(5)30-31)18(4)15-24(29-27)33-16-23(32)28-26-17(3)9-8-10-21(26)7-2/h8-15H,6-7,16H2,1-5H3,(H,28,32). The fourth-order valence-electron chi connectivity index (χ4n) is 4.12. The van der Waals surface area contributed by atoms with Gasteiger partial charge in [0, 0.05) is 17.1 Å². The number of rotatable bonds is 7. The van der Waals surface area contributed by atoms with Gasteiger partial charge in [0.2, 0.25) is 5.88 Å². The Hall–Kier alpha value is -3.67. The molecule has 1 amide bonds. The second kappa shape index (κ2) is 9.45. The van der Waals surface area contributed by atoms with Crippen LogP contribution >= 0.6 is 0 Å². The molecular formula is C27H30N4O2. The molecule has 6 nitrogen and oxygen atoms in total. The number of pyridine rings is 1. The van der Waals surface area contributed by atoms with E-state index in [1.54, 1.807) is 0 Å². The molecule has 0 saturated heterocycles. The van der Waals surface area contributed by atoms with E-state index in [-0.39, 0.29) is 12.5 Å². The van der Waals surface area contributed by atoms with Gasteiger partial charge in [-0.05, 0) is 68.0 Å². The number of nitrogens with one attached hydrogen (secondary N) is 1. The van der Waals surface area contributed by atoms with Crippen molar-refractivity contribution in [3.63, 3.8) is 0 Å². The summed E-state index contributed by atoms with van der Waals surface area (Å²) in [5.41, 5.74) is 7.85. The topological polar surface area (TPSA) is 69.0 Å². The Morgan fingerprint density at radius 2 is 1.76 bits per heavy atom. The zero-order valence-electron chi connectivity index (χ0n) is 19.9. The molecule has 0 spiro atoms. The molecular weight excluding hydrogens is 412 g/mol. The SMILES string of the molecule is CCc1ccc(-n2nc(C)c3c(C)cc(OCC(=O)Nc4c(C)cccc4CC)nc32)cc1. The summed E-state index contributed by atoms with van der Waals surface area (Å²) < 4.78 is 7.65. The van der Waals surface area contributed by atoms with Gasteiger partial charge in [-0.25, -0.2) is 4.68 Å². The largest absolute Gasteiger partial charge is 0.467 e. The summed E-state index contributed by atoms with van der Waals surface area (Å²) in [6, 6.07) is 16.2. The summed E-state index contributed by atoms with van der Waals surface area (Å²) in [4.78, 5) is 17.3. The molecule has 0 radical (unpaired) electrons. The lowest BCUT2D eigenvalue weighted by atomic mass is 10.1. The third-order valence-corrected chi connectivity index (χ3v) is 5.93. The van der Waals surface area contributed by atoms with Crippen molar-refractivity contribution in [2.75, 3.05) is 11.9 Å². The van der Waals surface area contributed by atoms with Gasteiger partial charge >= 0.3 is 0 Å². The monoisotopic (exact) mass is 442 g/mol. The lowest BCUT2D eigenvalue weighted by Gasteiger charge is -2.13. The van der Waals surface area contributed by atoms with E-state index in [2.05, 4.69) is 43.4 Å². The maximum atomic E-state index is 12.6. The quantitative estimate of drug-likeness (QED) is 0.411. The van der Waals surface area contributed by atoms with Gasteiger partial charge < -0.3 is 10.1 Å². The highest BCUT2D eigenvalue weighted by Crippen LogP contribution is 2.27. The summed E-state index contributed by atoms with van der Waals surface area (Å²) in [5, 5.41) is 8.71. The minimum Gasteiger partial charge on any atom is -0.467 e. The highest BCUT2D eigenvalue weighted by Gasteiger charge is 2.16. The summed E-state index contributed by atoms with van der Waals surface area (Å²) in [6.45, 7) is 10.1. The minimum absolute atomic E-state index is 0.117. The molecule has 0 aliphatic carbocycles. The highest BCUT2D eigenvalue weighted by atomic mass is 16.5. The molecule has 2 aromatic carbocycles. The number of fused-ring (bicyclic) bond motifs is 1. The first-order chi connectivity index (χ1) is 15.9. The Morgan fingerprint density at radius 1 is 1.00 bits per heavy atom. The Bertz CT molecular complexity index is 1310. The van der Waals surface area contributed by atoms with Crippen LogP contribution in [-0.4, -0.2) is 27.3 Å². The Morgan fingerprint density at radius 3 is 2.45 bits per heavy atom. The highest BCUT2D eigenvalue weighted by molar-refractivity contribution is 5.93. The molecule has 0 aliphatic heterocycles. The van der Waals surface area contributed by atoms with Crippen LogP contribution < -0.4 is 10.1 Å². The van der Waals surface area contributed by atoms with Crippen LogP contribution in [0.15, 0.2) is 48.5 Å². The Balaban J connectivity index is 1.58. The minimum atomic E-state index is -0.210. The van der Waals surface area contributed by atoms with Crippen molar-refractivity contribution >= 4 is 22.6 Å². The van der Waals surface area contributed by atoms with Crippen LogP contribution in [0.25, 0.3) is 16.7 Å². The lowest BCUT2D eigenvalue weighted by Crippen LogP contribution is -2.21. The first-order valence-corrected chi connectivity index (χ1v) is 11.4. The van der Waals surface area contributed by atoms with Crippen molar-refractivity contribution < 1.29 is 9.53 Å². The predicted octanol–water partition coefficient (Wildman–Crippen LogP) is 5.49. The van der Waals surface area contributed by atoms with Gasteiger partial charge in [0.05, 0.1) is 11.4 Å². The number of nitrogens with zero attached hydrogens (tertiary/aromatic N) is 3. The molecule has 0 atom stereocenters. The third-order valence-electron chi connectivity index (χ3n) is 5.93. The smallest absolute Gasteiger partial charge is 0.262 e. The number of para-hydroxylation sites is 1. The van der Waals surface area contributed by atoms with Gasteiger partial charge in [0.1, 0.15) is 0 Å². The zero-order chi connectivity index (χ0) is 23.5. The molecule has 2 heterocycles. The molecule has 170 valence electrons. The van der Waals surface area contributed by atoms with E-state index in [9.17, 15) is 4.79 Å². The molecule has 1 N–H and O–H groups in total. The van der Waals surface area contributed by atoms with Crippen molar-refractivity contribution in [1.29, 1.82) is 0 Å². The van der Waals surface area contributed by atoms with Crippen LogP contribution in [0.5, 0.6) is 5.88 Å². The van der Waals surface area contributed by atoms with Crippen molar-refractivity contribution in [3.05, 3.63) is 76.5 Å². The molecule has 4 aromatic rings. The molecule has 0 aliphatic rings. The number of hydrogen-bond donors (Lipinski definition) is 1. The first-order valence-electron chi connectivity index (χ1n) is 11.4. The molecule has 0 unspecified atom stereocenters. The molecule has 0 fully saturated rings. The van der Waals surface area contributed by atoms with Crippen LogP contribution in [0, 0.1) is 20.8 Å². The fraction of sp³-hybridized carbons (Fsp3) is 0.296. The molecule has 0 saturated carbocycles. The van der Waals surface area contributed by atoms with Crippen molar-refractivity contribution in [1.82, 2.24) is 14.8 Å². The van der Waals surface area contributed by atoms with Gasteiger partial charge in [-0.1, -0.05) is 44.2 Å². The average Bonchev–Trinajstić information content (AvgIpc) is 3.15. The van der Waals surface area contributed by atoms with E-state index in [1.165, 1.54) is 5.56 Å². The molecule has 0 bridgehead atoms. The van der Waals surface area contributed by atoms with E-state index in [1.807, 2.05) is 49.7 Å². The van der Waals surface area contributed by atoms with Gasteiger partial charge in [-0.2, -0.15) is 10.1 Å². The van der Waals surface area contributed by atoms with E-state index in [0.717, 1.165) is 57.6 Å². The number of aromatic nitrogens is 3. The van der Waals surface area contributed by atoms with Crippen molar-refractivity contribution in [3.8, 4) is 11.6 Å². The summed E-state index contributed by atoms with van der Waals surface area (Å²) in [5.74, 6) is 0.195. The van der Waals surface area contributed by atoms with E-state index in [0.29, 0.717) is 5.88 Å². The fourth-order valence-corrected chi connectivity index (χ4v) is 4.12. The molecule has 2 aromatic heterocycles. The molecule has 6 heteroatoms. The number of carbonyl (C=O) groups is 1. The van der Waals surface area contributed by atoms with Crippen molar-refractivity contribution in [2.24, 2.45) is 0 Å². The molecule has 4 rings (SSSR count). The molecule has 33 heavy (non-hydrogen) atoms. The maximum Gasteiger partial charge on any atom is 0.262 e. The Kier molecular flexibility index (Phi) is 6.45. The van der Waals surface area contributed by atoms with Crippen LogP contribution in [0.3, 0.4) is 0 Å². The Labute approximate surface area is 194 Å². The van der Waals surface area contributed by atoms with E-state index >= 15 is 0 Å². The van der Waals surface area contributed by atoms with Gasteiger partial charge in [-0.3, -0.25) is 4.79 Å². The zero-order valence-corrected chi connectivity index (χ0v) is 19.9. The van der Waals surface area contributed by atoms with Crippen LogP contribution in [0.4, 0.5) is 5.69 Å². The van der Waals surface area contributed by atoms with E-state index < -0.39 is 0 Å². The van der Waals surface area contributed by atoms with Gasteiger partial charge in [-0.15, -0.1) is 0 Å². The number of amides is 1. The number of hydrogen-bond acceptors (Lipinski definition) is 4. The van der Waals surface area contributed by atoms with Gasteiger partial charge in [0.15, 0.2) is 12.3 Å². The van der Waals surface area contributed by atoms with Crippen LogP contribution in [0.2, 0.25) is 0 Å². The van der Waals surface area contributed by atoms with Crippen LogP contribution in [-0.2, 0) is 17.6 Å². The predicted molar refractivity (Wildman–Crippen MR) is 132 cm³/mol. The summed E-state index contributed by atoms with van der Waals surface area (Å²) in [6.07, 6.45) is 1.83. The second-order valence-electron chi connectivity index (χ2n) is 8.29. The lowest BCUT2D eigenvalue weighted by molar-refractivity contribution is -0.118. The second-order valence-corrected chi connectivity index (χ2v) is 8.29. The summed E-state index contributed by atoms with van der Waals surface area (Å²) in [7, 11) is 0. The van der Waals surface area contributed by atoms with Gasteiger partial charge in [0.25, 0.3) is 5.91 Å². The number of anilines is 1. The average molecular weight is 443 g/mol. The third kappa shape index (κ3) is 4.60. The van der Waals surface area contributed by atoms with Crippen molar-refractivity contribution in [2.45, 2.75) is 47.5 Å². The first kappa shape index (κ1) is 22.5.